The van der Waals surface area contributed by atoms with Crippen molar-refractivity contribution in [3.63, 3.8) is 0 Å². The molecular weight excluding hydrogens is 274 g/mol. The molecule has 0 fully saturated rings. The molecule has 6 heteroatoms. The van der Waals surface area contributed by atoms with Crippen LogP contribution in [0.5, 0.6) is 0 Å². The predicted octanol–water partition coefficient (Wildman–Crippen LogP) is 2.85. The Hall–Kier alpha value is -1.30. The summed E-state index contributed by atoms with van der Waals surface area (Å²) in [5.74, 6) is -0.579. The summed E-state index contributed by atoms with van der Waals surface area (Å²) < 4.78 is 0.00720. The van der Waals surface area contributed by atoms with E-state index in [2.05, 4.69) is 29.4 Å². The highest BCUT2D eigenvalue weighted by atomic mass is 32.2. The molecule has 0 radical (unpaired) electrons. The molecule has 1 rings (SSSR count). The standard InChI is InChI=1S/C14H23N3O2S/c1-6-9-10(7-2)16-17-12(11(9)13(18)19)15-8-14(3,4)20-5/h6-8H2,1-5H3,(H,15,17)(H,18,19). The molecule has 1 heterocycles. The van der Waals surface area contributed by atoms with Crippen LogP contribution in [0.1, 0.15) is 49.3 Å². The normalized spacial score (nSPS) is 11.4. The summed E-state index contributed by atoms with van der Waals surface area (Å²) in [7, 11) is 0. The van der Waals surface area contributed by atoms with Gasteiger partial charge in [0.2, 0.25) is 0 Å². The number of aromatic nitrogens is 2. The van der Waals surface area contributed by atoms with Crippen molar-refractivity contribution in [3.05, 3.63) is 16.8 Å². The van der Waals surface area contributed by atoms with E-state index in [1.807, 2.05) is 20.1 Å². The van der Waals surface area contributed by atoms with Crippen LogP contribution in [0.25, 0.3) is 0 Å². The molecule has 0 saturated carbocycles. The van der Waals surface area contributed by atoms with Crippen LogP contribution in [0.3, 0.4) is 0 Å². The molecule has 0 bridgehead atoms. The van der Waals surface area contributed by atoms with Crippen LogP contribution >= 0.6 is 11.8 Å². The average Bonchev–Trinajstić information content (AvgIpc) is 2.43. The Labute approximate surface area is 124 Å². The maximum Gasteiger partial charge on any atom is 0.339 e. The summed E-state index contributed by atoms with van der Waals surface area (Å²) in [6, 6.07) is 0. The molecule has 20 heavy (non-hydrogen) atoms. The second-order valence-electron chi connectivity index (χ2n) is 5.18. The van der Waals surface area contributed by atoms with Gasteiger partial charge in [-0.2, -0.15) is 16.9 Å². The van der Waals surface area contributed by atoms with Crippen molar-refractivity contribution in [2.24, 2.45) is 0 Å². The molecule has 0 aliphatic heterocycles. The summed E-state index contributed by atoms with van der Waals surface area (Å²) in [6.07, 6.45) is 3.36. The third-order valence-corrected chi connectivity index (χ3v) is 4.54. The second-order valence-corrected chi connectivity index (χ2v) is 6.69. The summed E-state index contributed by atoms with van der Waals surface area (Å²) in [5, 5.41) is 20.8. The largest absolute Gasteiger partial charge is 0.478 e. The van der Waals surface area contributed by atoms with E-state index in [0.717, 1.165) is 11.3 Å². The van der Waals surface area contributed by atoms with Crippen LogP contribution in [-0.2, 0) is 12.8 Å². The lowest BCUT2D eigenvalue weighted by Crippen LogP contribution is -2.27. The van der Waals surface area contributed by atoms with Gasteiger partial charge in [0.1, 0.15) is 5.56 Å². The van der Waals surface area contributed by atoms with E-state index < -0.39 is 5.97 Å². The highest BCUT2D eigenvalue weighted by Crippen LogP contribution is 2.24. The monoisotopic (exact) mass is 297 g/mol. The van der Waals surface area contributed by atoms with E-state index >= 15 is 0 Å². The number of nitrogens with zero attached hydrogens (tertiary/aromatic N) is 2. The lowest BCUT2D eigenvalue weighted by Gasteiger charge is -2.23. The number of carboxylic acid groups (broad SMARTS) is 1. The Bertz CT molecular complexity index is 490. The van der Waals surface area contributed by atoms with Crippen molar-refractivity contribution >= 4 is 23.5 Å². The Morgan fingerprint density at radius 2 is 1.95 bits per heavy atom. The minimum Gasteiger partial charge on any atom is -0.478 e. The molecule has 0 aliphatic rings. The number of hydrogen-bond acceptors (Lipinski definition) is 5. The van der Waals surface area contributed by atoms with Crippen LogP contribution in [0.15, 0.2) is 0 Å². The van der Waals surface area contributed by atoms with Crippen LogP contribution in [-0.4, -0.2) is 38.8 Å². The van der Waals surface area contributed by atoms with E-state index in [-0.39, 0.29) is 10.3 Å². The van der Waals surface area contributed by atoms with Gasteiger partial charge in [-0.1, -0.05) is 13.8 Å². The maximum atomic E-state index is 11.6. The van der Waals surface area contributed by atoms with E-state index in [1.54, 1.807) is 11.8 Å². The predicted molar refractivity (Wildman–Crippen MR) is 83.8 cm³/mol. The second kappa shape index (κ2) is 6.92. The summed E-state index contributed by atoms with van der Waals surface area (Å²) >= 11 is 1.72. The van der Waals surface area contributed by atoms with E-state index in [4.69, 9.17) is 0 Å². The van der Waals surface area contributed by atoms with Crippen LogP contribution in [0, 0.1) is 0 Å². The summed E-state index contributed by atoms with van der Waals surface area (Å²) in [4.78, 5) is 11.6. The van der Waals surface area contributed by atoms with Crippen molar-refractivity contribution in [2.45, 2.75) is 45.3 Å². The van der Waals surface area contributed by atoms with Crippen molar-refractivity contribution in [1.82, 2.24) is 10.2 Å². The first-order valence-corrected chi connectivity index (χ1v) is 7.99. The molecule has 0 aromatic carbocycles. The molecule has 1 aromatic rings. The average molecular weight is 297 g/mol. The Morgan fingerprint density at radius 3 is 2.40 bits per heavy atom. The van der Waals surface area contributed by atoms with Crippen LogP contribution in [0.2, 0.25) is 0 Å². The quantitative estimate of drug-likeness (QED) is 0.806. The van der Waals surface area contributed by atoms with Gasteiger partial charge in [-0.25, -0.2) is 4.79 Å². The molecule has 0 spiro atoms. The van der Waals surface area contributed by atoms with Crippen molar-refractivity contribution in [1.29, 1.82) is 0 Å². The molecule has 5 nitrogen and oxygen atoms in total. The number of carbonyl (C=O) groups is 1. The van der Waals surface area contributed by atoms with Gasteiger partial charge >= 0.3 is 5.97 Å². The molecule has 0 amide bonds. The molecule has 0 atom stereocenters. The summed E-state index contributed by atoms with van der Waals surface area (Å²) in [5.41, 5.74) is 1.80. The van der Waals surface area contributed by atoms with E-state index in [9.17, 15) is 9.90 Å². The van der Waals surface area contributed by atoms with Gasteiger partial charge in [0.05, 0.1) is 5.69 Å². The van der Waals surface area contributed by atoms with E-state index in [0.29, 0.717) is 25.2 Å². The first-order chi connectivity index (χ1) is 9.36. The van der Waals surface area contributed by atoms with Crippen molar-refractivity contribution < 1.29 is 9.90 Å². The number of rotatable bonds is 7. The van der Waals surface area contributed by atoms with Crippen molar-refractivity contribution in [3.8, 4) is 0 Å². The lowest BCUT2D eigenvalue weighted by molar-refractivity contribution is 0.0696. The number of hydrogen-bond donors (Lipinski definition) is 2. The number of aryl methyl sites for hydroxylation is 1. The zero-order valence-corrected chi connectivity index (χ0v) is 13.6. The smallest absolute Gasteiger partial charge is 0.339 e. The van der Waals surface area contributed by atoms with Crippen molar-refractivity contribution in [2.75, 3.05) is 18.1 Å². The van der Waals surface area contributed by atoms with E-state index in [1.165, 1.54) is 0 Å². The fraction of sp³-hybridized carbons (Fsp3) is 0.643. The zero-order valence-electron chi connectivity index (χ0n) is 12.8. The number of carboxylic acids is 1. The minimum atomic E-state index is -0.948. The number of aromatic carboxylic acids is 1. The highest BCUT2D eigenvalue weighted by molar-refractivity contribution is 7.99. The van der Waals surface area contributed by atoms with Crippen LogP contribution in [0.4, 0.5) is 5.82 Å². The lowest BCUT2D eigenvalue weighted by atomic mass is 10.0. The SMILES string of the molecule is CCc1nnc(NCC(C)(C)SC)c(C(=O)O)c1CC. The number of thioether (sulfide) groups is 1. The van der Waals surface area contributed by atoms with Gasteiger partial charge in [0.15, 0.2) is 5.82 Å². The Balaban J connectivity index is 3.17. The van der Waals surface area contributed by atoms with Gasteiger partial charge in [0.25, 0.3) is 0 Å². The first-order valence-electron chi connectivity index (χ1n) is 6.77. The Morgan fingerprint density at radius 1 is 1.30 bits per heavy atom. The summed E-state index contributed by atoms with van der Waals surface area (Å²) in [6.45, 7) is 8.73. The number of nitrogens with one attached hydrogen (secondary N) is 1. The highest BCUT2D eigenvalue weighted by Gasteiger charge is 2.22. The molecule has 112 valence electrons. The van der Waals surface area contributed by atoms with Gasteiger partial charge in [-0.05, 0) is 38.5 Å². The molecule has 0 unspecified atom stereocenters. The molecule has 0 saturated heterocycles. The Kier molecular flexibility index (Phi) is 5.80. The minimum absolute atomic E-state index is 0.00720. The number of anilines is 1. The maximum absolute atomic E-state index is 11.6. The fourth-order valence-electron chi connectivity index (χ4n) is 1.90. The fourth-order valence-corrected chi connectivity index (χ4v) is 2.11. The molecular formula is C14H23N3O2S. The molecule has 1 aromatic heterocycles. The van der Waals surface area contributed by atoms with Gasteiger partial charge in [-0.3, -0.25) is 0 Å². The van der Waals surface area contributed by atoms with Gasteiger partial charge in [0, 0.05) is 11.3 Å². The zero-order chi connectivity index (χ0) is 15.3. The van der Waals surface area contributed by atoms with Crippen LogP contribution < -0.4 is 5.32 Å². The molecule has 0 aliphatic carbocycles. The first kappa shape index (κ1) is 16.8. The molecule has 2 N–H and O–H groups in total. The topological polar surface area (TPSA) is 75.1 Å². The third kappa shape index (κ3) is 3.85. The van der Waals surface area contributed by atoms with Gasteiger partial charge < -0.3 is 10.4 Å². The van der Waals surface area contributed by atoms with Gasteiger partial charge in [-0.15, -0.1) is 5.10 Å². The third-order valence-electron chi connectivity index (χ3n) is 3.29.